The molecule has 55 heavy (non-hydrogen) atoms. The van der Waals surface area contributed by atoms with E-state index in [2.05, 4.69) is 11.7 Å². The molecule has 0 aromatic rings. The van der Waals surface area contributed by atoms with Crippen LogP contribution in [-0.2, 0) is 38.0 Å². The Kier molecular flexibility index (Phi) is 16.7. The molecule has 1 unspecified atom stereocenters. The van der Waals surface area contributed by atoms with Gasteiger partial charge in [-0.1, -0.05) is 38.9 Å². The lowest BCUT2D eigenvalue weighted by Gasteiger charge is -2.50. The zero-order valence-electron chi connectivity index (χ0n) is 35.4. The molecule has 0 bridgehead atoms. The van der Waals surface area contributed by atoms with Gasteiger partial charge in [0.15, 0.2) is 12.6 Å². The first-order valence-electron chi connectivity index (χ1n) is 19.8. The number of ether oxygens (including phenoxy) is 7. The average Bonchev–Trinajstić information content (AvgIpc) is 3.12. The van der Waals surface area contributed by atoms with Crippen LogP contribution < -0.4 is 0 Å². The minimum atomic E-state index is -1.95. The van der Waals surface area contributed by atoms with E-state index in [1.807, 2.05) is 46.7 Å². The predicted molar refractivity (Wildman–Crippen MR) is 204 cm³/mol. The third-order valence-electron chi connectivity index (χ3n) is 12.5. The summed E-state index contributed by atoms with van der Waals surface area (Å²) in [6.45, 7) is 21.3. The first-order chi connectivity index (χ1) is 25.5. The van der Waals surface area contributed by atoms with Crippen molar-refractivity contribution in [3.8, 4) is 0 Å². The number of aliphatic hydroxyl groups is 4. The van der Waals surface area contributed by atoms with Crippen LogP contribution >= 0.6 is 0 Å². The quantitative estimate of drug-likeness (QED) is 0.0936. The fraction of sp³-hybridized carbons (Fsp3) is 0.900. The van der Waals surface area contributed by atoms with E-state index in [0.717, 1.165) is 0 Å². The highest BCUT2D eigenvalue weighted by Crippen LogP contribution is 2.42. The summed E-state index contributed by atoms with van der Waals surface area (Å²) < 4.78 is 44.6. The van der Waals surface area contributed by atoms with Crippen LogP contribution in [0.25, 0.3) is 0 Å². The number of esters is 1. The van der Waals surface area contributed by atoms with Gasteiger partial charge in [-0.05, 0) is 74.9 Å². The molecule has 0 aromatic heterocycles. The molecule has 0 spiro atoms. The SMILES string of the molecule is C=CCO[C@]1(C)C[C@@H](C)/C(=N/O)[C@H](C)[C@@H](O)[C@](C)(O)[C@@H](CC)OC(=O)[C@H](C)[C@@H](OC2C[C@@](C)(OC)[C@@H](O)[C@H](C)O2)[C@H](C)[C@H]1O[C@@H]1O[C@H](C)C[C@H](N(C)C)[C@H]1O. The number of hydrogen-bond acceptors (Lipinski definition) is 15. The van der Waals surface area contributed by atoms with Crippen molar-refractivity contribution >= 4 is 11.7 Å². The molecule has 0 amide bonds. The van der Waals surface area contributed by atoms with Crippen molar-refractivity contribution in [3.63, 3.8) is 0 Å². The molecule has 0 aliphatic carbocycles. The largest absolute Gasteiger partial charge is 0.459 e. The van der Waals surface area contributed by atoms with Crippen LogP contribution in [-0.4, -0.2) is 154 Å². The molecule has 15 heteroatoms. The molecule has 320 valence electrons. The number of rotatable bonds is 10. The standard InChI is InChI=1S/C40H72N2O13/c1-15-17-50-39(10)19-21(3)30(41-48)23(5)33(44)40(11,47)28(16-2)53-36(46)25(7)32(54-29-20-38(9,49-14)34(45)26(8)52-29)24(6)35(39)55-37-31(43)27(42(12)13)18-22(4)51-37/h15,21-29,31-35,37,43-45,47-48H,1,16-20H2,2-14H3/b41-30-/t21-,22-,23+,24+,25-,26+,27+,28-,29?,31-,32+,33-,34+,35-,37+,38-,39-,40-/m1/s1. The number of cyclic esters (lactones) is 1. The molecule has 0 radical (unpaired) electrons. The van der Waals surface area contributed by atoms with Crippen molar-refractivity contribution in [1.29, 1.82) is 0 Å². The van der Waals surface area contributed by atoms with Gasteiger partial charge in [0.2, 0.25) is 0 Å². The van der Waals surface area contributed by atoms with E-state index in [1.54, 1.807) is 40.7 Å². The molecule has 3 rings (SSSR count). The number of nitrogens with zero attached hydrogens (tertiary/aromatic N) is 2. The van der Waals surface area contributed by atoms with Crippen LogP contribution in [0.2, 0.25) is 0 Å². The summed E-state index contributed by atoms with van der Waals surface area (Å²) in [7, 11) is 5.26. The van der Waals surface area contributed by atoms with Gasteiger partial charge in [-0.25, -0.2) is 0 Å². The highest BCUT2D eigenvalue weighted by molar-refractivity contribution is 5.88. The van der Waals surface area contributed by atoms with Gasteiger partial charge in [-0.2, -0.15) is 0 Å². The second-order valence-electron chi connectivity index (χ2n) is 17.1. The number of carbonyl (C=O) groups is 1. The highest BCUT2D eigenvalue weighted by Gasteiger charge is 2.54. The Bertz CT molecular complexity index is 1290. The van der Waals surface area contributed by atoms with Gasteiger partial charge in [-0.15, -0.1) is 6.58 Å². The number of oxime groups is 1. The summed E-state index contributed by atoms with van der Waals surface area (Å²) in [5.41, 5.74) is -4.09. The Balaban J connectivity index is 2.30. The normalized spacial score (nSPS) is 47.6. The third kappa shape index (κ3) is 10.5. The lowest BCUT2D eigenvalue weighted by atomic mass is 9.73. The van der Waals surface area contributed by atoms with Crippen LogP contribution in [0, 0.1) is 23.7 Å². The van der Waals surface area contributed by atoms with Gasteiger partial charge >= 0.3 is 5.97 Å². The van der Waals surface area contributed by atoms with Crippen LogP contribution in [0.4, 0.5) is 0 Å². The maximum atomic E-state index is 14.3. The van der Waals surface area contributed by atoms with E-state index in [-0.39, 0.29) is 43.7 Å². The van der Waals surface area contributed by atoms with Gasteiger partial charge in [0.25, 0.3) is 0 Å². The van der Waals surface area contributed by atoms with Crippen molar-refractivity contribution in [1.82, 2.24) is 4.90 Å². The molecule has 0 aromatic carbocycles. The number of carbonyl (C=O) groups excluding carboxylic acids is 1. The van der Waals surface area contributed by atoms with Gasteiger partial charge in [0.1, 0.15) is 23.9 Å². The van der Waals surface area contributed by atoms with E-state index in [4.69, 9.17) is 33.2 Å². The summed E-state index contributed by atoms with van der Waals surface area (Å²) in [4.78, 5) is 16.2. The Labute approximate surface area is 328 Å². The Morgan fingerprint density at radius 3 is 2.15 bits per heavy atom. The summed E-state index contributed by atoms with van der Waals surface area (Å²) >= 11 is 0. The molecular weight excluding hydrogens is 716 g/mol. The second kappa shape index (κ2) is 19.3. The number of methoxy groups -OCH3 is 1. The van der Waals surface area contributed by atoms with Crippen molar-refractivity contribution in [3.05, 3.63) is 12.7 Å². The van der Waals surface area contributed by atoms with Crippen molar-refractivity contribution in [2.24, 2.45) is 28.8 Å². The van der Waals surface area contributed by atoms with Crippen LogP contribution in [0.5, 0.6) is 0 Å². The summed E-state index contributed by atoms with van der Waals surface area (Å²) in [5.74, 6) is -3.94. The zero-order valence-corrected chi connectivity index (χ0v) is 35.4. The molecular formula is C40H72N2O13. The molecule has 15 nitrogen and oxygen atoms in total. The third-order valence-corrected chi connectivity index (χ3v) is 12.5. The van der Waals surface area contributed by atoms with Crippen LogP contribution in [0.1, 0.15) is 94.9 Å². The number of hydrogen-bond donors (Lipinski definition) is 5. The van der Waals surface area contributed by atoms with Gasteiger partial charge in [0, 0.05) is 37.3 Å². The minimum Gasteiger partial charge on any atom is -0.459 e. The van der Waals surface area contributed by atoms with Crippen LogP contribution in [0.3, 0.4) is 0 Å². The van der Waals surface area contributed by atoms with Gasteiger partial charge in [-0.3, -0.25) is 4.79 Å². The zero-order chi connectivity index (χ0) is 41.8. The summed E-state index contributed by atoms with van der Waals surface area (Å²) in [6, 6.07) is -0.299. The Hall–Kier alpha value is -1.76. The first kappa shape index (κ1) is 47.6. The maximum Gasteiger partial charge on any atom is 0.311 e. The Morgan fingerprint density at radius 2 is 1.60 bits per heavy atom. The molecule has 18 atom stereocenters. The fourth-order valence-corrected chi connectivity index (χ4v) is 8.98. The highest BCUT2D eigenvalue weighted by atomic mass is 16.7. The van der Waals surface area contributed by atoms with Crippen molar-refractivity contribution < 1.29 is 63.6 Å². The second-order valence-corrected chi connectivity index (χ2v) is 17.1. The van der Waals surface area contributed by atoms with Crippen LogP contribution in [0.15, 0.2) is 17.8 Å². The minimum absolute atomic E-state index is 0.0771. The van der Waals surface area contributed by atoms with E-state index in [0.29, 0.717) is 6.42 Å². The lowest BCUT2D eigenvalue weighted by Crippen LogP contribution is -2.61. The number of aliphatic hydroxyl groups excluding tert-OH is 3. The fourth-order valence-electron chi connectivity index (χ4n) is 8.98. The molecule has 0 saturated carbocycles. The molecule has 3 aliphatic heterocycles. The average molecular weight is 789 g/mol. The van der Waals surface area contributed by atoms with Crippen molar-refractivity contribution in [2.75, 3.05) is 27.8 Å². The van der Waals surface area contributed by atoms with E-state index >= 15 is 0 Å². The van der Waals surface area contributed by atoms with Crippen molar-refractivity contribution in [2.45, 2.75) is 179 Å². The monoisotopic (exact) mass is 789 g/mol. The van der Waals surface area contributed by atoms with Gasteiger partial charge in [0.05, 0.1) is 60.0 Å². The van der Waals surface area contributed by atoms with E-state index in [1.165, 1.54) is 14.0 Å². The van der Waals surface area contributed by atoms with Gasteiger partial charge < -0.3 is 63.7 Å². The molecule has 3 fully saturated rings. The van der Waals surface area contributed by atoms with E-state index < -0.39 is 102 Å². The smallest absolute Gasteiger partial charge is 0.311 e. The Morgan fingerprint density at radius 1 is 0.964 bits per heavy atom. The lowest BCUT2D eigenvalue weighted by molar-refractivity contribution is -0.320. The molecule has 3 saturated heterocycles. The summed E-state index contributed by atoms with van der Waals surface area (Å²) in [5, 5.41) is 60.2. The topological polar surface area (TPSA) is 198 Å². The maximum absolute atomic E-state index is 14.3. The van der Waals surface area contributed by atoms with E-state index in [9.17, 15) is 30.4 Å². The number of likely N-dealkylation sites (N-methyl/N-ethyl adjacent to an activating group) is 1. The summed E-state index contributed by atoms with van der Waals surface area (Å²) in [6.07, 6.45) is -7.20. The first-order valence-corrected chi connectivity index (χ1v) is 19.8. The molecule has 5 N–H and O–H groups in total. The molecule has 3 heterocycles. The predicted octanol–water partition coefficient (Wildman–Crippen LogP) is 3.26. The molecule has 3 aliphatic rings.